The van der Waals surface area contributed by atoms with Gasteiger partial charge in [0.15, 0.2) is 11.5 Å². The van der Waals surface area contributed by atoms with E-state index in [0.717, 1.165) is 17.6 Å². The van der Waals surface area contributed by atoms with Crippen molar-refractivity contribution in [2.45, 2.75) is 26.0 Å². The van der Waals surface area contributed by atoms with Crippen molar-refractivity contribution in [2.75, 3.05) is 18.4 Å². The van der Waals surface area contributed by atoms with Crippen LogP contribution >= 0.6 is 15.9 Å². The fraction of sp³-hybridized carbons (Fsp3) is 0.375. The highest BCUT2D eigenvalue weighted by Crippen LogP contribution is 2.21. The maximum absolute atomic E-state index is 12.2. The summed E-state index contributed by atoms with van der Waals surface area (Å²) >= 11 is 3.34. The number of carbonyl (C=O) groups is 1. The van der Waals surface area contributed by atoms with E-state index in [0.29, 0.717) is 23.6 Å². The van der Waals surface area contributed by atoms with Crippen LogP contribution in [0.3, 0.4) is 0 Å². The monoisotopic (exact) mass is 379 g/mol. The molecule has 23 heavy (non-hydrogen) atoms. The summed E-state index contributed by atoms with van der Waals surface area (Å²) in [7, 11) is 0. The predicted octanol–water partition coefficient (Wildman–Crippen LogP) is 2.78. The number of nitrogens with zero attached hydrogens (tertiary/aromatic N) is 2. The first-order chi connectivity index (χ1) is 11.2. The first kappa shape index (κ1) is 16.2. The lowest BCUT2D eigenvalue weighted by Gasteiger charge is -2.10. The van der Waals surface area contributed by atoms with Gasteiger partial charge in [-0.05, 0) is 49.7 Å². The minimum Gasteiger partial charge on any atom is -0.392 e. The van der Waals surface area contributed by atoms with Gasteiger partial charge in [0, 0.05) is 16.2 Å². The van der Waals surface area contributed by atoms with E-state index in [-0.39, 0.29) is 18.2 Å². The van der Waals surface area contributed by atoms with Crippen molar-refractivity contribution in [1.82, 2.24) is 10.1 Å². The van der Waals surface area contributed by atoms with Crippen LogP contribution in [0.15, 0.2) is 33.3 Å². The topological polar surface area (TPSA) is 78.6 Å². The molecule has 0 bridgehead atoms. The maximum Gasteiger partial charge on any atom is 0.277 e. The molecule has 1 aliphatic heterocycles. The second kappa shape index (κ2) is 7.25. The van der Waals surface area contributed by atoms with Crippen LogP contribution in [0.2, 0.25) is 0 Å². The van der Waals surface area contributed by atoms with Gasteiger partial charge in [-0.3, -0.25) is 9.69 Å². The number of nitrogens with one attached hydrogen (secondary N) is 1. The highest BCUT2D eigenvalue weighted by Gasteiger charge is 2.17. The van der Waals surface area contributed by atoms with Crippen LogP contribution in [-0.2, 0) is 13.2 Å². The quantitative estimate of drug-likeness (QED) is 0.834. The molecule has 0 aliphatic carbocycles. The average Bonchev–Trinajstić information content (AvgIpc) is 3.21. The number of rotatable bonds is 5. The number of aliphatic hydroxyl groups is 1. The van der Waals surface area contributed by atoms with Crippen LogP contribution in [-0.4, -0.2) is 34.2 Å². The lowest BCUT2D eigenvalue weighted by Crippen LogP contribution is -2.18. The van der Waals surface area contributed by atoms with E-state index in [4.69, 9.17) is 4.52 Å². The van der Waals surface area contributed by atoms with Gasteiger partial charge >= 0.3 is 0 Å². The Morgan fingerprint density at radius 3 is 2.87 bits per heavy atom. The molecule has 7 heteroatoms. The third-order valence-electron chi connectivity index (χ3n) is 3.84. The van der Waals surface area contributed by atoms with Crippen molar-refractivity contribution in [3.05, 3.63) is 45.8 Å². The number of anilines is 1. The molecule has 1 fully saturated rings. The van der Waals surface area contributed by atoms with Gasteiger partial charge in [0.05, 0.1) is 13.2 Å². The molecule has 0 spiro atoms. The van der Waals surface area contributed by atoms with Gasteiger partial charge in [-0.25, -0.2) is 0 Å². The molecule has 0 saturated carbocycles. The number of hydrogen-bond donors (Lipinski definition) is 2. The molecular formula is C16H18BrN3O3. The zero-order chi connectivity index (χ0) is 16.2. The summed E-state index contributed by atoms with van der Waals surface area (Å²) in [5.41, 5.74) is 1.57. The highest BCUT2D eigenvalue weighted by atomic mass is 79.9. The standard InChI is InChI=1S/C16H18BrN3O3/c17-14-4-3-12(7-11(14)10-21)18-16(22)15-8-13(23-19-15)9-20-5-1-2-6-20/h3-4,7-8,21H,1-2,5-6,9-10H2,(H,18,22). The summed E-state index contributed by atoms with van der Waals surface area (Å²) < 4.78 is 6.05. The van der Waals surface area contributed by atoms with Crippen LogP contribution in [0.4, 0.5) is 5.69 Å². The lowest BCUT2D eigenvalue weighted by molar-refractivity contribution is 0.101. The molecule has 1 amide bonds. The number of amides is 1. The zero-order valence-corrected chi connectivity index (χ0v) is 14.2. The number of likely N-dealkylation sites (tertiary alicyclic amines) is 1. The molecule has 2 N–H and O–H groups in total. The van der Waals surface area contributed by atoms with E-state index in [9.17, 15) is 9.90 Å². The summed E-state index contributed by atoms with van der Waals surface area (Å²) in [5.74, 6) is 0.372. The molecule has 6 nitrogen and oxygen atoms in total. The Morgan fingerprint density at radius 1 is 1.35 bits per heavy atom. The third-order valence-corrected chi connectivity index (χ3v) is 4.62. The molecule has 2 aromatic rings. The Bertz CT molecular complexity index is 696. The predicted molar refractivity (Wildman–Crippen MR) is 89.0 cm³/mol. The lowest BCUT2D eigenvalue weighted by atomic mass is 10.2. The molecule has 2 heterocycles. The van der Waals surface area contributed by atoms with Crippen molar-refractivity contribution in [3.8, 4) is 0 Å². The maximum atomic E-state index is 12.2. The van der Waals surface area contributed by atoms with Gasteiger partial charge in [0.1, 0.15) is 0 Å². The molecule has 1 aromatic carbocycles. The van der Waals surface area contributed by atoms with Gasteiger partial charge in [0.2, 0.25) is 0 Å². The Labute approximate surface area is 142 Å². The van der Waals surface area contributed by atoms with Gasteiger partial charge in [-0.1, -0.05) is 21.1 Å². The van der Waals surface area contributed by atoms with E-state index in [1.54, 1.807) is 24.3 Å². The van der Waals surface area contributed by atoms with Crippen LogP contribution in [0, 0.1) is 0 Å². The summed E-state index contributed by atoms with van der Waals surface area (Å²) in [4.78, 5) is 14.5. The Hall–Kier alpha value is -1.70. The van der Waals surface area contributed by atoms with Crippen LogP contribution in [0.1, 0.15) is 34.7 Å². The Kier molecular flexibility index (Phi) is 5.09. The normalized spacial score (nSPS) is 15.0. The molecule has 0 atom stereocenters. The SMILES string of the molecule is O=C(Nc1ccc(Br)c(CO)c1)c1cc(CN2CCCC2)on1. The number of halogens is 1. The minimum atomic E-state index is -0.326. The van der Waals surface area contributed by atoms with Crippen LogP contribution in [0.25, 0.3) is 0 Å². The smallest absolute Gasteiger partial charge is 0.277 e. The molecule has 3 rings (SSSR count). The fourth-order valence-corrected chi connectivity index (χ4v) is 3.00. The number of carbonyl (C=O) groups excluding carboxylic acids is 1. The third kappa shape index (κ3) is 3.99. The molecule has 1 aliphatic rings. The van der Waals surface area contributed by atoms with Gasteiger partial charge in [0.25, 0.3) is 5.91 Å². The van der Waals surface area contributed by atoms with Crippen molar-refractivity contribution in [3.63, 3.8) is 0 Å². The number of benzene rings is 1. The van der Waals surface area contributed by atoms with Crippen molar-refractivity contribution in [1.29, 1.82) is 0 Å². The molecule has 1 aromatic heterocycles. The summed E-state index contributed by atoms with van der Waals surface area (Å²) in [6.45, 7) is 2.71. The molecule has 0 radical (unpaired) electrons. The molecule has 1 saturated heterocycles. The largest absolute Gasteiger partial charge is 0.392 e. The number of aliphatic hydroxyl groups excluding tert-OH is 1. The van der Waals surface area contributed by atoms with E-state index in [1.165, 1.54) is 12.8 Å². The van der Waals surface area contributed by atoms with E-state index >= 15 is 0 Å². The first-order valence-electron chi connectivity index (χ1n) is 7.54. The zero-order valence-electron chi connectivity index (χ0n) is 12.6. The molecular weight excluding hydrogens is 362 g/mol. The Balaban J connectivity index is 1.65. The van der Waals surface area contributed by atoms with Crippen molar-refractivity contribution >= 4 is 27.5 Å². The average molecular weight is 380 g/mol. The van der Waals surface area contributed by atoms with Gasteiger partial charge in [-0.15, -0.1) is 0 Å². The van der Waals surface area contributed by atoms with Crippen LogP contribution < -0.4 is 5.32 Å². The van der Waals surface area contributed by atoms with Crippen molar-refractivity contribution in [2.24, 2.45) is 0 Å². The van der Waals surface area contributed by atoms with Gasteiger partial charge in [-0.2, -0.15) is 0 Å². The fourth-order valence-electron chi connectivity index (χ4n) is 2.62. The highest BCUT2D eigenvalue weighted by molar-refractivity contribution is 9.10. The number of hydrogen-bond acceptors (Lipinski definition) is 5. The van der Waals surface area contributed by atoms with E-state index < -0.39 is 0 Å². The van der Waals surface area contributed by atoms with Crippen molar-refractivity contribution < 1.29 is 14.4 Å². The summed E-state index contributed by atoms with van der Waals surface area (Å²) in [6.07, 6.45) is 2.41. The van der Waals surface area contributed by atoms with E-state index in [1.807, 2.05) is 0 Å². The minimum absolute atomic E-state index is 0.103. The summed E-state index contributed by atoms with van der Waals surface area (Å²) in [5, 5.41) is 15.9. The first-order valence-corrected chi connectivity index (χ1v) is 8.33. The van der Waals surface area contributed by atoms with Crippen LogP contribution in [0.5, 0.6) is 0 Å². The van der Waals surface area contributed by atoms with Gasteiger partial charge < -0.3 is 14.9 Å². The molecule has 0 unspecified atom stereocenters. The van der Waals surface area contributed by atoms with E-state index in [2.05, 4.69) is 31.3 Å². The molecule has 122 valence electrons. The Morgan fingerprint density at radius 2 is 2.13 bits per heavy atom. The second-order valence-electron chi connectivity index (χ2n) is 5.58. The summed E-state index contributed by atoms with van der Waals surface area (Å²) in [6, 6.07) is 6.93. The second-order valence-corrected chi connectivity index (χ2v) is 6.43. The number of aromatic nitrogens is 1.